The van der Waals surface area contributed by atoms with Crippen molar-refractivity contribution in [3.05, 3.63) is 12.7 Å². The maximum Gasteiger partial charge on any atom is 0.226 e. The van der Waals surface area contributed by atoms with Crippen LogP contribution in [0, 0.1) is 0 Å². The molecule has 146 valence electrons. The first kappa shape index (κ1) is 23.9. The van der Waals surface area contributed by atoms with E-state index >= 15 is 0 Å². The van der Waals surface area contributed by atoms with Crippen LogP contribution in [0.25, 0.3) is 0 Å². The Morgan fingerprint density at radius 1 is 0.680 bits per heavy atom. The standard InChI is InChI=1S/C22H41NO2/c1-3-4-5-6-7-8-9-10-11-12-13-14-15-16-17-18-19-20-22(25)23-21(2)24/h3H,1,4-20H2,2H3,(H,23,24,25). The Labute approximate surface area is 156 Å². The quantitative estimate of drug-likeness (QED) is 0.227. The number of carbonyl (C=O) groups is 2. The number of allylic oxidation sites excluding steroid dienone is 1. The topological polar surface area (TPSA) is 46.2 Å². The molecule has 25 heavy (non-hydrogen) atoms. The number of imide groups is 1. The lowest BCUT2D eigenvalue weighted by molar-refractivity contribution is -0.129. The van der Waals surface area contributed by atoms with Gasteiger partial charge in [-0.15, -0.1) is 6.58 Å². The zero-order chi connectivity index (χ0) is 18.6. The van der Waals surface area contributed by atoms with Gasteiger partial charge in [0.05, 0.1) is 0 Å². The van der Waals surface area contributed by atoms with E-state index in [2.05, 4.69) is 11.9 Å². The van der Waals surface area contributed by atoms with Crippen LogP contribution in [0.4, 0.5) is 0 Å². The zero-order valence-corrected chi connectivity index (χ0v) is 16.6. The molecule has 0 fully saturated rings. The van der Waals surface area contributed by atoms with Crippen molar-refractivity contribution in [2.75, 3.05) is 0 Å². The lowest BCUT2D eigenvalue weighted by atomic mass is 10.0. The van der Waals surface area contributed by atoms with Crippen molar-refractivity contribution < 1.29 is 9.59 Å². The minimum absolute atomic E-state index is 0.135. The summed E-state index contributed by atoms with van der Waals surface area (Å²) in [4.78, 5) is 22.0. The maximum atomic E-state index is 11.3. The molecule has 0 saturated carbocycles. The van der Waals surface area contributed by atoms with Crippen LogP contribution in [-0.2, 0) is 9.59 Å². The van der Waals surface area contributed by atoms with Crippen molar-refractivity contribution in [2.24, 2.45) is 0 Å². The predicted molar refractivity (Wildman–Crippen MR) is 108 cm³/mol. The third-order valence-electron chi connectivity index (χ3n) is 4.63. The zero-order valence-electron chi connectivity index (χ0n) is 16.6. The summed E-state index contributed by atoms with van der Waals surface area (Å²) in [6, 6.07) is 0. The first-order valence-corrected chi connectivity index (χ1v) is 10.6. The number of rotatable bonds is 18. The van der Waals surface area contributed by atoms with Crippen LogP contribution in [0.15, 0.2) is 12.7 Å². The van der Waals surface area contributed by atoms with Crippen LogP contribution in [0.3, 0.4) is 0 Å². The molecule has 0 aliphatic carbocycles. The third kappa shape index (κ3) is 20.8. The van der Waals surface area contributed by atoms with Crippen LogP contribution in [0.1, 0.15) is 116 Å². The predicted octanol–water partition coefficient (Wildman–Crippen LogP) is 6.47. The fourth-order valence-electron chi connectivity index (χ4n) is 3.13. The molecule has 0 aromatic heterocycles. The van der Waals surface area contributed by atoms with Gasteiger partial charge in [0.1, 0.15) is 0 Å². The van der Waals surface area contributed by atoms with Gasteiger partial charge in [-0.25, -0.2) is 0 Å². The van der Waals surface area contributed by atoms with Crippen molar-refractivity contribution >= 4 is 11.8 Å². The second-order valence-corrected chi connectivity index (χ2v) is 7.24. The van der Waals surface area contributed by atoms with Gasteiger partial charge >= 0.3 is 0 Å². The Morgan fingerprint density at radius 3 is 1.40 bits per heavy atom. The van der Waals surface area contributed by atoms with Crippen molar-refractivity contribution in [3.63, 3.8) is 0 Å². The second-order valence-electron chi connectivity index (χ2n) is 7.24. The largest absolute Gasteiger partial charge is 0.297 e. The normalized spacial score (nSPS) is 10.6. The Bertz CT molecular complexity index is 339. The van der Waals surface area contributed by atoms with Crippen LogP contribution in [-0.4, -0.2) is 11.8 Å². The smallest absolute Gasteiger partial charge is 0.226 e. The number of amides is 2. The molecule has 0 aliphatic rings. The Balaban J connectivity index is 3.08. The van der Waals surface area contributed by atoms with Gasteiger partial charge in [-0.3, -0.25) is 14.9 Å². The van der Waals surface area contributed by atoms with Gasteiger partial charge in [0, 0.05) is 13.3 Å². The summed E-state index contributed by atoms with van der Waals surface area (Å²) in [7, 11) is 0. The number of nitrogens with one attached hydrogen (secondary N) is 1. The van der Waals surface area contributed by atoms with Gasteiger partial charge in [0.15, 0.2) is 0 Å². The second kappa shape index (κ2) is 19.2. The van der Waals surface area contributed by atoms with Crippen LogP contribution >= 0.6 is 0 Å². The molecule has 0 aromatic carbocycles. The highest BCUT2D eigenvalue weighted by molar-refractivity contribution is 5.93. The lowest BCUT2D eigenvalue weighted by Crippen LogP contribution is -2.27. The summed E-state index contributed by atoms with van der Waals surface area (Å²) in [6.45, 7) is 5.14. The summed E-state index contributed by atoms with van der Waals surface area (Å²) in [5, 5.41) is 2.32. The van der Waals surface area contributed by atoms with Crippen LogP contribution in [0.2, 0.25) is 0 Å². The molecule has 0 saturated heterocycles. The maximum absolute atomic E-state index is 11.3. The Kier molecular flexibility index (Phi) is 18.3. The molecule has 0 aromatic rings. The van der Waals surface area contributed by atoms with Crippen molar-refractivity contribution in [1.29, 1.82) is 0 Å². The van der Waals surface area contributed by atoms with Gasteiger partial charge in [0.2, 0.25) is 11.8 Å². The van der Waals surface area contributed by atoms with E-state index in [0.717, 1.165) is 12.8 Å². The van der Waals surface area contributed by atoms with E-state index in [1.165, 1.54) is 96.8 Å². The lowest BCUT2D eigenvalue weighted by Gasteiger charge is -2.04. The van der Waals surface area contributed by atoms with E-state index in [9.17, 15) is 9.59 Å². The highest BCUT2D eigenvalue weighted by Gasteiger charge is 2.02. The van der Waals surface area contributed by atoms with E-state index in [4.69, 9.17) is 0 Å². The first-order chi connectivity index (χ1) is 12.2. The number of carbonyl (C=O) groups excluding carboxylic acids is 2. The molecule has 0 aliphatic heterocycles. The van der Waals surface area contributed by atoms with E-state index in [1.807, 2.05) is 6.08 Å². The summed E-state index contributed by atoms with van der Waals surface area (Å²) in [5.74, 6) is -0.391. The van der Waals surface area contributed by atoms with Crippen LogP contribution < -0.4 is 5.32 Å². The molecule has 0 radical (unpaired) electrons. The minimum atomic E-state index is -0.256. The molecule has 0 rings (SSSR count). The fourth-order valence-corrected chi connectivity index (χ4v) is 3.13. The van der Waals surface area contributed by atoms with E-state index in [0.29, 0.717) is 6.42 Å². The number of hydrogen-bond donors (Lipinski definition) is 1. The highest BCUT2D eigenvalue weighted by Crippen LogP contribution is 2.14. The molecular weight excluding hydrogens is 310 g/mol. The Hall–Kier alpha value is -1.12. The molecule has 3 heteroatoms. The molecule has 0 spiro atoms. The molecule has 0 heterocycles. The monoisotopic (exact) mass is 351 g/mol. The van der Waals surface area contributed by atoms with Crippen molar-refractivity contribution in [1.82, 2.24) is 5.32 Å². The minimum Gasteiger partial charge on any atom is -0.297 e. The molecule has 1 N–H and O–H groups in total. The third-order valence-corrected chi connectivity index (χ3v) is 4.63. The summed E-state index contributed by atoms with van der Waals surface area (Å²) in [5.41, 5.74) is 0. The summed E-state index contributed by atoms with van der Waals surface area (Å²) >= 11 is 0. The first-order valence-electron chi connectivity index (χ1n) is 10.6. The average Bonchev–Trinajstić information content (AvgIpc) is 2.57. The molecular formula is C22H41NO2. The van der Waals surface area contributed by atoms with Crippen molar-refractivity contribution in [3.8, 4) is 0 Å². The summed E-state index contributed by atoms with van der Waals surface area (Å²) < 4.78 is 0. The van der Waals surface area contributed by atoms with Crippen molar-refractivity contribution in [2.45, 2.75) is 116 Å². The van der Waals surface area contributed by atoms with E-state index in [-0.39, 0.29) is 11.8 Å². The molecule has 0 atom stereocenters. The molecule has 2 amide bonds. The molecule has 0 bridgehead atoms. The molecule has 0 unspecified atom stereocenters. The highest BCUT2D eigenvalue weighted by atomic mass is 16.2. The van der Waals surface area contributed by atoms with E-state index in [1.54, 1.807) is 0 Å². The number of hydrogen-bond acceptors (Lipinski definition) is 2. The Morgan fingerprint density at radius 2 is 1.04 bits per heavy atom. The van der Waals surface area contributed by atoms with Gasteiger partial charge in [-0.2, -0.15) is 0 Å². The van der Waals surface area contributed by atoms with Crippen LogP contribution in [0.5, 0.6) is 0 Å². The SMILES string of the molecule is C=CCCCCCCCCCCCCCCCCCC(=O)NC(C)=O. The van der Waals surface area contributed by atoms with E-state index < -0.39 is 0 Å². The van der Waals surface area contributed by atoms with Gasteiger partial charge < -0.3 is 0 Å². The molecule has 3 nitrogen and oxygen atoms in total. The average molecular weight is 352 g/mol. The number of unbranched alkanes of at least 4 members (excludes halogenated alkanes) is 15. The van der Waals surface area contributed by atoms with Gasteiger partial charge in [-0.1, -0.05) is 89.5 Å². The fraction of sp³-hybridized carbons (Fsp3) is 0.818. The van der Waals surface area contributed by atoms with Gasteiger partial charge in [0.25, 0.3) is 0 Å². The summed E-state index contributed by atoms with van der Waals surface area (Å²) in [6.07, 6.45) is 23.3. The van der Waals surface area contributed by atoms with Gasteiger partial charge in [-0.05, 0) is 19.3 Å².